The van der Waals surface area contributed by atoms with Crippen molar-refractivity contribution in [1.29, 1.82) is 0 Å². The van der Waals surface area contributed by atoms with Crippen molar-refractivity contribution in [2.24, 2.45) is 5.41 Å². The number of rotatable bonds is 6. The van der Waals surface area contributed by atoms with Gasteiger partial charge in [-0.2, -0.15) is 6.07 Å². The molecule has 19 heavy (non-hydrogen) atoms. The van der Waals surface area contributed by atoms with E-state index in [0.717, 1.165) is 13.7 Å². The summed E-state index contributed by atoms with van der Waals surface area (Å²) in [4.78, 5) is 3.89. The quantitative estimate of drug-likeness (QED) is 0.698. The van der Waals surface area contributed by atoms with Crippen LogP contribution in [-0.4, -0.2) is 36.4 Å². The number of aliphatic hydroxyl groups excluding tert-OH is 1. The van der Waals surface area contributed by atoms with Crippen LogP contribution in [0.5, 0.6) is 5.75 Å². The minimum absolute atomic E-state index is 0. The summed E-state index contributed by atoms with van der Waals surface area (Å²) < 4.78 is 5.63. The molecule has 0 fully saturated rings. The number of pyridine rings is 1. The molecule has 1 aromatic heterocycles. The Bertz CT molecular complexity index is 306. The molecule has 0 aliphatic carbocycles. The normalized spacial score (nSPS) is 10.3. The van der Waals surface area contributed by atoms with Gasteiger partial charge in [-0.05, 0) is 11.6 Å². The van der Waals surface area contributed by atoms with Crippen LogP contribution in [0.4, 0.5) is 0 Å². The van der Waals surface area contributed by atoms with Gasteiger partial charge in [0, 0.05) is 12.9 Å². The second-order valence-corrected chi connectivity index (χ2v) is 5.00. The van der Waals surface area contributed by atoms with Crippen LogP contribution in [0, 0.1) is 11.6 Å². The number of nitrogens with zero attached hydrogens (tertiary/aromatic N) is 2. The molecule has 0 spiro atoms. The molecule has 0 saturated carbocycles. The Morgan fingerprint density at radius 3 is 2.53 bits per heavy atom. The zero-order chi connectivity index (χ0) is 14.0. The molecule has 0 unspecified atom stereocenters. The monoisotopic (exact) mass is 436 g/mol. The van der Waals surface area contributed by atoms with Crippen molar-refractivity contribution >= 4 is 0 Å². The molecule has 0 amide bonds. The predicted octanol–water partition coefficient (Wildman–Crippen LogP) is 2.67. The van der Waals surface area contributed by atoms with E-state index in [9.17, 15) is 0 Å². The summed E-state index contributed by atoms with van der Waals surface area (Å²) in [5, 5.41) is 11.5. The van der Waals surface area contributed by atoms with E-state index in [4.69, 9.17) is 9.84 Å². The number of aliphatic hydroxyl groups is 1. The minimum atomic E-state index is 0. The molecule has 0 aliphatic rings. The SMILES string of the molecule is CC(C)[N-]CC(C)(C)COc1[c-]nccc1.CO.[W+2]. The second-order valence-electron chi connectivity index (χ2n) is 5.00. The van der Waals surface area contributed by atoms with E-state index >= 15 is 0 Å². The first-order valence-electron chi connectivity index (χ1n) is 6.06. The smallest absolute Gasteiger partial charge is 0.659 e. The van der Waals surface area contributed by atoms with Crippen LogP contribution in [0.3, 0.4) is 0 Å². The van der Waals surface area contributed by atoms with Crippen molar-refractivity contribution in [3.8, 4) is 5.75 Å². The zero-order valence-electron chi connectivity index (χ0n) is 12.4. The van der Waals surface area contributed by atoms with E-state index in [1.165, 1.54) is 0 Å². The van der Waals surface area contributed by atoms with Gasteiger partial charge in [0.1, 0.15) is 0 Å². The van der Waals surface area contributed by atoms with Crippen molar-refractivity contribution in [2.75, 3.05) is 20.3 Å². The minimum Gasteiger partial charge on any atom is -0.659 e. The number of hydrogen-bond acceptors (Lipinski definition) is 3. The molecular formula is C14H24N2O2W. The summed E-state index contributed by atoms with van der Waals surface area (Å²) in [6, 6.07) is 4.09. The van der Waals surface area contributed by atoms with Crippen molar-refractivity contribution in [3.63, 3.8) is 0 Å². The van der Waals surface area contributed by atoms with Gasteiger partial charge >= 0.3 is 21.1 Å². The van der Waals surface area contributed by atoms with Gasteiger partial charge in [0.05, 0.1) is 6.61 Å². The Balaban J connectivity index is 0. The maximum atomic E-state index is 7.00. The second kappa shape index (κ2) is 11.4. The number of aromatic nitrogens is 1. The molecule has 108 valence electrons. The van der Waals surface area contributed by atoms with E-state index in [2.05, 4.69) is 44.2 Å². The number of ether oxygens (including phenoxy) is 1. The average molecular weight is 436 g/mol. The van der Waals surface area contributed by atoms with Crippen LogP contribution < -0.4 is 4.74 Å². The van der Waals surface area contributed by atoms with Gasteiger partial charge in [-0.1, -0.05) is 33.9 Å². The van der Waals surface area contributed by atoms with Gasteiger partial charge in [0.25, 0.3) is 0 Å². The van der Waals surface area contributed by atoms with E-state index in [1.807, 2.05) is 12.1 Å². The number of hydrogen-bond donors (Lipinski definition) is 1. The van der Waals surface area contributed by atoms with Crippen LogP contribution in [0.15, 0.2) is 18.3 Å². The summed E-state index contributed by atoms with van der Waals surface area (Å²) in [7, 11) is 1.00. The topological polar surface area (TPSA) is 56.5 Å². The third-order valence-corrected chi connectivity index (χ3v) is 2.09. The summed E-state index contributed by atoms with van der Waals surface area (Å²) in [6.07, 6.45) is 4.49. The van der Waals surface area contributed by atoms with Crippen molar-refractivity contribution in [3.05, 3.63) is 29.8 Å². The summed E-state index contributed by atoms with van der Waals surface area (Å²) in [5.74, 6) is 0.695. The molecule has 1 aromatic rings. The third kappa shape index (κ3) is 11.1. The molecule has 0 aliphatic heterocycles. The van der Waals surface area contributed by atoms with Gasteiger partial charge in [0.15, 0.2) is 0 Å². The van der Waals surface area contributed by atoms with Gasteiger partial charge < -0.3 is 20.1 Å². The average Bonchev–Trinajstić information content (AvgIpc) is 2.38. The Hall–Kier alpha value is -0.442. The Morgan fingerprint density at radius 1 is 1.42 bits per heavy atom. The van der Waals surface area contributed by atoms with E-state index in [1.54, 1.807) is 6.20 Å². The summed E-state index contributed by atoms with van der Waals surface area (Å²) >= 11 is 0. The maximum absolute atomic E-state index is 7.00. The first-order chi connectivity index (χ1) is 8.49. The van der Waals surface area contributed by atoms with Gasteiger partial charge in [0.2, 0.25) is 0 Å². The Kier molecular flexibility index (Phi) is 12.5. The molecule has 1 heterocycles. The maximum Gasteiger partial charge on any atom is 2.00 e. The third-order valence-electron chi connectivity index (χ3n) is 2.09. The summed E-state index contributed by atoms with van der Waals surface area (Å²) in [6.45, 7) is 9.92. The zero-order valence-corrected chi connectivity index (χ0v) is 15.3. The van der Waals surface area contributed by atoms with Gasteiger partial charge in [-0.15, -0.1) is 18.7 Å². The van der Waals surface area contributed by atoms with Crippen LogP contribution in [-0.2, 0) is 21.1 Å². The van der Waals surface area contributed by atoms with Crippen molar-refractivity contribution in [1.82, 2.24) is 4.98 Å². The fourth-order valence-electron chi connectivity index (χ4n) is 1.14. The molecule has 1 rings (SSSR count). The van der Waals surface area contributed by atoms with Gasteiger partial charge in [-0.25, -0.2) is 0 Å². The molecule has 4 nitrogen and oxygen atoms in total. The van der Waals surface area contributed by atoms with Crippen LogP contribution >= 0.6 is 0 Å². The molecule has 0 bridgehead atoms. The molecule has 0 aromatic carbocycles. The summed E-state index contributed by atoms with van der Waals surface area (Å²) in [5.41, 5.74) is 0.0496. The fourth-order valence-corrected chi connectivity index (χ4v) is 1.14. The molecular weight excluding hydrogens is 412 g/mol. The predicted molar refractivity (Wildman–Crippen MR) is 73.9 cm³/mol. The first kappa shape index (κ1) is 20.9. The molecule has 0 saturated heterocycles. The molecule has 0 radical (unpaired) electrons. The standard InChI is InChI=1S/C13H20N2O.CH4O.W/c1-11(2)15-9-13(3,4)10-16-12-6-5-7-14-8-12;1-2;/h5-7,11H,9-10H2,1-4H3;2H,1H3;/q-2;;+2. The van der Waals surface area contributed by atoms with Crippen LogP contribution in [0.25, 0.3) is 5.32 Å². The molecule has 1 N–H and O–H groups in total. The fraction of sp³-hybridized carbons (Fsp3) is 0.643. The molecule has 0 atom stereocenters. The molecule has 5 heteroatoms. The van der Waals surface area contributed by atoms with Gasteiger partial charge in [-0.3, -0.25) is 0 Å². The van der Waals surface area contributed by atoms with E-state index in [-0.39, 0.29) is 26.5 Å². The van der Waals surface area contributed by atoms with Crippen molar-refractivity contribution < 1.29 is 30.9 Å². The Labute approximate surface area is 131 Å². The largest absolute Gasteiger partial charge is 2.00 e. The van der Waals surface area contributed by atoms with Crippen LogP contribution in [0.1, 0.15) is 27.7 Å². The van der Waals surface area contributed by atoms with E-state index < -0.39 is 0 Å². The Morgan fingerprint density at radius 2 is 2.05 bits per heavy atom. The van der Waals surface area contributed by atoms with Crippen molar-refractivity contribution in [2.45, 2.75) is 33.7 Å². The van der Waals surface area contributed by atoms with E-state index in [0.29, 0.717) is 18.4 Å². The first-order valence-corrected chi connectivity index (χ1v) is 6.06. The van der Waals surface area contributed by atoms with Crippen LogP contribution in [0.2, 0.25) is 0 Å².